The lowest BCUT2D eigenvalue weighted by molar-refractivity contribution is -0.134. The standard InChI is InChI=1S/C12H13ClO3/c1-15-8-4-5-11-10(7-8)9(3-2-6-13)12(14)16-11/h4-5,7,9H,2-3,6H2,1H3. The number of alkyl halides is 1. The van der Waals surface area contributed by atoms with Crippen LogP contribution in [0.1, 0.15) is 24.3 Å². The maximum Gasteiger partial charge on any atom is 0.318 e. The zero-order valence-corrected chi connectivity index (χ0v) is 9.79. The topological polar surface area (TPSA) is 35.5 Å². The molecule has 1 aliphatic heterocycles. The Labute approximate surface area is 99.3 Å². The first-order valence-corrected chi connectivity index (χ1v) is 5.75. The van der Waals surface area contributed by atoms with Crippen molar-refractivity contribution < 1.29 is 14.3 Å². The molecule has 1 atom stereocenters. The summed E-state index contributed by atoms with van der Waals surface area (Å²) in [6.07, 6.45) is 1.53. The third-order valence-electron chi connectivity index (χ3n) is 2.71. The molecule has 0 amide bonds. The molecular weight excluding hydrogens is 228 g/mol. The Morgan fingerprint density at radius 1 is 1.50 bits per heavy atom. The van der Waals surface area contributed by atoms with Crippen molar-refractivity contribution in [3.8, 4) is 11.5 Å². The fraction of sp³-hybridized carbons (Fsp3) is 0.417. The summed E-state index contributed by atoms with van der Waals surface area (Å²) in [5, 5.41) is 0. The van der Waals surface area contributed by atoms with E-state index in [0.717, 1.165) is 24.2 Å². The van der Waals surface area contributed by atoms with Crippen LogP contribution < -0.4 is 9.47 Å². The molecule has 86 valence electrons. The highest BCUT2D eigenvalue weighted by molar-refractivity contribution is 6.17. The molecule has 0 N–H and O–H groups in total. The molecule has 16 heavy (non-hydrogen) atoms. The lowest BCUT2D eigenvalue weighted by atomic mass is 9.96. The van der Waals surface area contributed by atoms with Crippen molar-refractivity contribution in [2.45, 2.75) is 18.8 Å². The summed E-state index contributed by atoms with van der Waals surface area (Å²) in [5.41, 5.74) is 0.912. The predicted octanol–water partition coefficient (Wildman–Crippen LogP) is 2.72. The van der Waals surface area contributed by atoms with E-state index >= 15 is 0 Å². The van der Waals surface area contributed by atoms with Crippen LogP contribution in [0.3, 0.4) is 0 Å². The van der Waals surface area contributed by atoms with E-state index in [0.29, 0.717) is 11.6 Å². The number of carbonyl (C=O) groups excluding carboxylic acids is 1. The number of methoxy groups -OCH3 is 1. The molecule has 1 unspecified atom stereocenters. The van der Waals surface area contributed by atoms with Crippen LogP contribution in [0, 0.1) is 0 Å². The Bertz CT molecular complexity index is 403. The van der Waals surface area contributed by atoms with Gasteiger partial charge in [-0.3, -0.25) is 4.79 Å². The Morgan fingerprint density at radius 2 is 2.31 bits per heavy atom. The second-order valence-corrected chi connectivity index (χ2v) is 4.09. The summed E-state index contributed by atoms with van der Waals surface area (Å²) < 4.78 is 10.3. The highest BCUT2D eigenvalue weighted by Crippen LogP contribution is 2.39. The summed E-state index contributed by atoms with van der Waals surface area (Å²) in [7, 11) is 1.60. The molecule has 1 aromatic rings. The van der Waals surface area contributed by atoms with Gasteiger partial charge >= 0.3 is 5.97 Å². The Morgan fingerprint density at radius 3 is 3.00 bits per heavy atom. The van der Waals surface area contributed by atoms with E-state index in [2.05, 4.69) is 0 Å². The van der Waals surface area contributed by atoms with E-state index in [-0.39, 0.29) is 11.9 Å². The zero-order valence-electron chi connectivity index (χ0n) is 9.03. The first-order valence-electron chi connectivity index (χ1n) is 5.22. The van der Waals surface area contributed by atoms with Crippen LogP contribution >= 0.6 is 11.6 Å². The van der Waals surface area contributed by atoms with Crippen LogP contribution in [0.4, 0.5) is 0 Å². The van der Waals surface area contributed by atoms with Crippen molar-refractivity contribution in [1.82, 2.24) is 0 Å². The molecule has 0 fully saturated rings. The second kappa shape index (κ2) is 4.74. The van der Waals surface area contributed by atoms with E-state index in [1.807, 2.05) is 6.07 Å². The second-order valence-electron chi connectivity index (χ2n) is 3.71. The molecule has 2 rings (SSSR count). The number of esters is 1. The molecule has 0 bridgehead atoms. The van der Waals surface area contributed by atoms with E-state index < -0.39 is 0 Å². The van der Waals surface area contributed by atoms with Gasteiger partial charge in [-0.05, 0) is 31.0 Å². The van der Waals surface area contributed by atoms with Crippen LogP contribution in [-0.4, -0.2) is 19.0 Å². The van der Waals surface area contributed by atoms with E-state index in [4.69, 9.17) is 21.1 Å². The van der Waals surface area contributed by atoms with Crippen molar-refractivity contribution in [3.05, 3.63) is 23.8 Å². The first kappa shape index (κ1) is 11.3. The number of halogens is 1. The van der Waals surface area contributed by atoms with Gasteiger partial charge in [-0.25, -0.2) is 0 Å². The normalized spacial score (nSPS) is 18.1. The summed E-state index contributed by atoms with van der Waals surface area (Å²) >= 11 is 5.64. The van der Waals surface area contributed by atoms with Crippen molar-refractivity contribution in [2.24, 2.45) is 0 Å². The van der Waals surface area contributed by atoms with Crippen LogP contribution in [0.5, 0.6) is 11.5 Å². The number of rotatable bonds is 4. The van der Waals surface area contributed by atoms with Crippen LogP contribution in [0.15, 0.2) is 18.2 Å². The number of ether oxygens (including phenoxy) is 2. The van der Waals surface area contributed by atoms with Crippen molar-refractivity contribution in [3.63, 3.8) is 0 Å². The monoisotopic (exact) mass is 240 g/mol. The Hall–Kier alpha value is -1.22. The third kappa shape index (κ3) is 2.00. The van der Waals surface area contributed by atoms with E-state index in [1.54, 1.807) is 19.2 Å². The average Bonchev–Trinajstić information content (AvgIpc) is 2.61. The fourth-order valence-electron chi connectivity index (χ4n) is 1.88. The van der Waals surface area contributed by atoms with E-state index in [1.165, 1.54) is 0 Å². The van der Waals surface area contributed by atoms with Gasteiger partial charge in [0.05, 0.1) is 13.0 Å². The Kier molecular flexibility index (Phi) is 3.34. The van der Waals surface area contributed by atoms with E-state index in [9.17, 15) is 4.79 Å². The molecule has 0 spiro atoms. The van der Waals surface area contributed by atoms with Crippen molar-refractivity contribution >= 4 is 17.6 Å². The molecule has 0 saturated heterocycles. The molecule has 3 nitrogen and oxygen atoms in total. The van der Waals surface area contributed by atoms with Gasteiger partial charge in [-0.15, -0.1) is 11.6 Å². The minimum Gasteiger partial charge on any atom is -0.497 e. The number of benzene rings is 1. The summed E-state index contributed by atoms with van der Waals surface area (Å²) in [5.74, 6) is 1.57. The number of hydrogen-bond donors (Lipinski definition) is 0. The SMILES string of the molecule is COc1ccc2c(c1)C(CCCCl)C(=O)O2. The minimum absolute atomic E-state index is 0.187. The van der Waals surface area contributed by atoms with Gasteiger partial charge < -0.3 is 9.47 Å². The molecule has 1 heterocycles. The summed E-state index contributed by atoms with van der Waals surface area (Å²) in [6.45, 7) is 0. The van der Waals surface area contributed by atoms with Crippen LogP contribution in [0.2, 0.25) is 0 Å². The quantitative estimate of drug-likeness (QED) is 0.461. The lowest BCUT2D eigenvalue weighted by Crippen LogP contribution is -2.10. The van der Waals surface area contributed by atoms with Gasteiger partial charge in [-0.1, -0.05) is 0 Å². The maximum absolute atomic E-state index is 11.6. The number of carbonyl (C=O) groups is 1. The predicted molar refractivity (Wildman–Crippen MR) is 61.3 cm³/mol. The number of fused-ring (bicyclic) bond motifs is 1. The smallest absolute Gasteiger partial charge is 0.318 e. The lowest BCUT2D eigenvalue weighted by Gasteiger charge is -2.06. The number of hydrogen-bond acceptors (Lipinski definition) is 3. The van der Waals surface area contributed by atoms with Crippen LogP contribution in [0.25, 0.3) is 0 Å². The van der Waals surface area contributed by atoms with Crippen molar-refractivity contribution in [1.29, 1.82) is 0 Å². The first-order chi connectivity index (χ1) is 7.76. The molecule has 0 saturated carbocycles. The molecule has 4 heteroatoms. The zero-order chi connectivity index (χ0) is 11.5. The van der Waals surface area contributed by atoms with Gasteiger partial charge in [0, 0.05) is 11.4 Å². The molecule has 0 aliphatic carbocycles. The molecule has 1 aromatic carbocycles. The highest BCUT2D eigenvalue weighted by Gasteiger charge is 2.32. The average molecular weight is 241 g/mol. The molecule has 0 radical (unpaired) electrons. The van der Waals surface area contributed by atoms with Gasteiger partial charge in [-0.2, -0.15) is 0 Å². The third-order valence-corrected chi connectivity index (χ3v) is 2.98. The molecule has 1 aliphatic rings. The fourth-order valence-corrected chi connectivity index (χ4v) is 2.03. The maximum atomic E-state index is 11.6. The summed E-state index contributed by atoms with van der Waals surface area (Å²) in [6, 6.07) is 5.42. The van der Waals surface area contributed by atoms with Crippen LogP contribution in [-0.2, 0) is 4.79 Å². The van der Waals surface area contributed by atoms with Crippen molar-refractivity contribution in [2.75, 3.05) is 13.0 Å². The Balaban J connectivity index is 2.27. The highest BCUT2D eigenvalue weighted by atomic mass is 35.5. The van der Waals surface area contributed by atoms with Gasteiger partial charge in [0.1, 0.15) is 11.5 Å². The molecular formula is C12H13ClO3. The molecule has 0 aromatic heterocycles. The largest absolute Gasteiger partial charge is 0.497 e. The van der Waals surface area contributed by atoms with Gasteiger partial charge in [0.2, 0.25) is 0 Å². The van der Waals surface area contributed by atoms with Gasteiger partial charge in [0.15, 0.2) is 0 Å². The summed E-state index contributed by atoms with van der Waals surface area (Å²) in [4.78, 5) is 11.6. The van der Waals surface area contributed by atoms with Gasteiger partial charge in [0.25, 0.3) is 0 Å². The minimum atomic E-state index is -0.191.